The Kier molecular flexibility index (Phi) is 3.92. The van der Waals surface area contributed by atoms with E-state index in [1.54, 1.807) is 0 Å². The van der Waals surface area contributed by atoms with Gasteiger partial charge in [-0.1, -0.05) is 0 Å². The van der Waals surface area contributed by atoms with E-state index in [0.29, 0.717) is 15.7 Å². The molecule has 20 heavy (non-hydrogen) atoms. The Bertz CT molecular complexity index is 799. The second-order valence-corrected chi connectivity index (χ2v) is 6.37. The van der Waals surface area contributed by atoms with Crippen molar-refractivity contribution in [1.29, 1.82) is 5.26 Å². The highest BCUT2D eigenvalue weighted by Gasteiger charge is 2.16. The first-order chi connectivity index (χ1) is 9.42. The first-order valence-corrected chi connectivity index (χ1v) is 7.64. The predicted molar refractivity (Wildman–Crippen MR) is 78.3 cm³/mol. The van der Waals surface area contributed by atoms with Crippen LogP contribution in [0.5, 0.6) is 0 Å². The summed E-state index contributed by atoms with van der Waals surface area (Å²) >= 11 is 3.21. The van der Waals surface area contributed by atoms with Gasteiger partial charge in [0.15, 0.2) is 0 Å². The average Bonchev–Trinajstić information content (AvgIpc) is 2.41. The van der Waals surface area contributed by atoms with Gasteiger partial charge in [-0.25, -0.2) is 13.4 Å². The van der Waals surface area contributed by atoms with Gasteiger partial charge in [-0.3, -0.25) is 4.72 Å². The first-order valence-electron chi connectivity index (χ1n) is 5.36. The maximum atomic E-state index is 12.2. The predicted octanol–water partition coefficient (Wildman–Crippen LogP) is 2.10. The number of hydrogen-bond donors (Lipinski definition) is 2. The van der Waals surface area contributed by atoms with Gasteiger partial charge in [-0.2, -0.15) is 5.26 Å². The Balaban J connectivity index is 2.36. The molecule has 0 aliphatic rings. The van der Waals surface area contributed by atoms with Gasteiger partial charge in [-0.15, -0.1) is 0 Å². The largest absolute Gasteiger partial charge is 0.384 e. The number of pyridine rings is 1. The van der Waals surface area contributed by atoms with Crippen molar-refractivity contribution in [2.75, 3.05) is 10.5 Å². The topological polar surface area (TPSA) is 109 Å². The van der Waals surface area contributed by atoms with Crippen molar-refractivity contribution in [2.24, 2.45) is 0 Å². The van der Waals surface area contributed by atoms with Crippen molar-refractivity contribution in [3.8, 4) is 6.07 Å². The summed E-state index contributed by atoms with van der Waals surface area (Å²) in [4.78, 5) is 3.76. The average molecular weight is 353 g/mol. The number of aromatic nitrogens is 1. The molecule has 1 aromatic carbocycles. The number of benzene rings is 1. The maximum absolute atomic E-state index is 12.2. The van der Waals surface area contributed by atoms with Crippen molar-refractivity contribution in [1.82, 2.24) is 4.98 Å². The number of nitriles is 1. The summed E-state index contributed by atoms with van der Waals surface area (Å²) in [6, 6.07) is 9.12. The van der Waals surface area contributed by atoms with Gasteiger partial charge >= 0.3 is 0 Å². The zero-order chi connectivity index (χ0) is 14.8. The standard InChI is InChI=1S/C12H9BrN4O2S/c13-10-5-8(7-14)1-2-11(10)17-20(18,19)9-3-4-16-12(15)6-9/h1-6,17H,(H2,15,16). The molecule has 8 heteroatoms. The molecule has 102 valence electrons. The van der Waals surface area contributed by atoms with Crippen molar-refractivity contribution in [3.05, 3.63) is 46.6 Å². The molecule has 2 rings (SSSR count). The highest BCUT2D eigenvalue weighted by molar-refractivity contribution is 9.10. The van der Waals surface area contributed by atoms with Gasteiger partial charge in [0.1, 0.15) is 5.82 Å². The third-order valence-corrected chi connectivity index (χ3v) is 4.42. The maximum Gasteiger partial charge on any atom is 0.262 e. The van der Waals surface area contributed by atoms with Gasteiger partial charge in [0.25, 0.3) is 10.0 Å². The van der Waals surface area contributed by atoms with Crippen LogP contribution in [0.1, 0.15) is 5.56 Å². The number of hydrogen-bond acceptors (Lipinski definition) is 5. The fraction of sp³-hybridized carbons (Fsp3) is 0. The minimum absolute atomic E-state index is 0.0151. The Labute approximate surface area is 124 Å². The third-order valence-electron chi connectivity index (χ3n) is 2.41. The molecule has 0 fully saturated rings. The van der Waals surface area contributed by atoms with Crippen molar-refractivity contribution >= 4 is 37.5 Å². The molecular formula is C12H9BrN4O2S. The minimum Gasteiger partial charge on any atom is -0.384 e. The molecule has 0 aliphatic carbocycles. The lowest BCUT2D eigenvalue weighted by Crippen LogP contribution is -2.13. The van der Waals surface area contributed by atoms with Crippen molar-refractivity contribution < 1.29 is 8.42 Å². The fourth-order valence-electron chi connectivity index (χ4n) is 1.47. The summed E-state index contributed by atoms with van der Waals surface area (Å²) in [5, 5.41) is 8.76. The van der Waals surface area contributed by atoms with E-state index in [2.05, 4.69) is 25.6 Å². The number of nitrogen functional groups attached to an aromatic ring is 1. The molecule has 1 heterocycles. The minimum atomic E-state index is -3.76. The highest BCUT2D eigenvalue weighted by atomic mass is 79.9. The quantitative estimate of drug-likeness (QED) is 0.878. The van der Waals surface area contributed by atoms with E-state index in [9.17, 15) is 8.42 Å². The van der Waals surface area contributed by atoms with Gasteiger partial charge in [0, 0.05) is 16.7 Å². The second kappa shape index (κ2) is 5.48. The molecule has 0 amide bonds. The van der Waals surface area contributed by atoms with Crippen LogP contribution in [0, 0.1) is 11.3 Å². The van der Waals surface area contributed by atoms with Crippen LogP contribution >= 0.6 is 15.9 Å². The summed E-state index contributed by atoms with van der Waals surface area (Å²) in [7, 11) is -3.76. The van der Waals surface area contributed by atoms with Crippen molar-refractivity contribution in [2.45, 2.75) is 4.90 Å². The molecule has 3 N–H and O–H groups in total. The van der Waals surface area contributed by atoms with E-state index in [4.69, 9.17) is 11.0 Å². The summed E-state index contributed by atoms with van der Waals surface area (Å²) in [5.74, 6) is 0.117. The van der Waals surface area contributed by atoms with Gasteiger partial charge in [0.2, 0.25) is 0 Å². The molecule has 0 radical (unpaired) electrons. The molecule has 0 bridgehead atoms. The van der Waals surface area contributed by atoms with E-state index in [0.717, 1.165) is 0 Å². The number of nitrogens with one attached hydrogen (secondary N) is 1. The fourth-order valence-corrected chi connectivity index (χ4v) is 3.18. The van der Waals surface area contributed by atoms with E-state index in [1.807, 2.05) is 6.07 Å². The van der Waals surface area contributed by atoms with E-state index in [1.165, 1.54) is 36.5 Å². The lowest BCUT2D eigenvalue weighted by Gasteiger charge is -2.10. The normalized spacial score (nSPS) is 10.8. The molecule has 0 aliphatic heterocycles. The molecule has 1 aromatic heterocycles. The van der Waals surface area contributed by atoms with Crippen molar-refractivity contribution in [3.63, 3.8) is 0 Å². The number of halogens is 1. The Morgan fingerprint density at radius 2 is 2.05 bits per heavy atom. The summed E-state index contributed by atoms with van der Waals surface area (Å²) < 4.78 is 27.2. The van der Waals surface area contributed by atoms with Crippen LogP contribution in [-0.4, -0.2) is 13.4 Å². The highest BCUT2D eigenvalue weighted by Crippen LogP contribution is 2.26. The molecule has 6 nitrogen and oxygen atoms in total. The van der Waals surface area contributed by atoms with Gasteiger partial charge in [0.05, 0.1) is 22.2 Å². The number of rotatable bonds is 3. The van der Waals surface area contributed by atoms with E-state index >= 15 is 0 Å². The number of nitrogens with two attached hydrogens (primary N) is 1. The lowest BCUT2D eigenvalue weighted by molar-refractivity contribution is 0.601. The zero-order valence-electron chi connectivity index (χ0n) is 10.0. The zero-order valence-corrected chi connectivity index (χ0v) is 12.4. The van der Waals surface area contributed by atoms with Crippen LogP contribution in [0.4, 0.5) is 11.5 Å². The molecule has 2 aromatic rings. The molecule has 0 atom stereocenters. The second-order valence-electron chi connectivity index (χ2n) is 3.83. The van der Waals surface area contributed by atoms with Crippen LogP contribution in [0.3, 0.4) is 0 Å². The SMILES string of the molecule is N#Cc1ccc(NS(=O)(=O)c2ccnc(N)c2)c(Br)c1. The van der Waals surface area contributed by atoms with E-state index in [-0.39, 0.29) is 10.7 Å². The van der Waals surface area contributed by atoms with Crippen LogP contribution in [-0.2, 0) is 10.0 Å². The van der Waals surface area contributed by atoms with Crippen LogP contribution in [0.15, 0.2) is 45.9 Å². The Morgan fingerprint density at radius 3 is 2.65 bits per heavy atom. The Morgan fingerprint density at radius 1 is 1.30 bits per heavy atom. The number of sulfonamides is 1. The molecule has 0 unspecified atom stereocenters. The summed E-state index contributed by atoms with van der Waals surface area (Å²) in [6.45, 7) is 0. The van der Waals surface area contributed by atoms with E-state index < -0.39 is 10.0 Å². The summed E-state index contributed by atoms with van der Waals surface area (Å²) in [5.41, 5.74) is 6.22. The first kappa shape index (κ1) is 14.3. The molecule has 0 saturated carbocycles. The third kappa shape index (κ3) is 3.07. The number of nitrogens with zero attached hydrogens (tertiary/aromatic N) is 2. The summed E-state index contributed by atoms with van der Waals surface area (Å²) in [6.07, 6.45) is 1.32. The van der Waals surface area contributed by atoms with Crippen LogP contribution in [0.25, 0.3) is 0 Å². The van der Waals surface area contributed by atoms with Crippen LogP contribution in [0.2, 0.25) is 0 Å². The van der Waals surface area contributed by atoms with Gasteiger partial charge in [-0.05, 0) is 40.2 Å². The van der Waals surface area contributed by atoms with Crippen LogP contribution < -0.4 is 10.5 Å². The van der Waals surface area contributed by atoms with Gasteiger partial charge < -0.3 is 5.73 Å². The lowest BCUT2D eigenvalue weighted by atomic mass is 10.2. The molecule has 0 saturated heterocycles. The molecule has 0 spiro atoms. The molecular weight excluding hydrogens is 344 g/mol. The smallest absolute Gasteiger partial charge is 0.262 e. The Hall–Kier alpha value is -2.11. The number of anilines is 2. The monoisotopic (exact) mass is 352 g/mol.